The van der Waals surface area contributed by atoms with Crippen molar-refractivity contribution in [2.45, 2.75) is 65.8 Å². The first-order chi connectivity index (χ1) is 12.4. The summed E-state index contributed by atoms with van der Waals surface area (Å²) < 4.78 is 15.9. The summed E-state index contributed by atoms with van der Waals surface area (Å²) in [5.74, 6) is -0.784. The van der Waals surface area contributed by atoms with E-state index in [2.05, 4.69) is 0 Å². The quantitative estimate of drug-likeness (QED) is 0.734. The molecule has 0 saturated carbocycles. The Labute approximate surface area is 159 Å². The maximum atomic E-state index is 13.0. The van der Waals surface area contributed by atoms with Crippen LogP contribution < -0.4 is 0 Å². The highest BCUT2D eigenvalue weighted by atomic mass is 16.6. The number of ether oxygens (including phenoxy) is 3. The molecule has 0 unspecified atom stereocenters. The molecule has 27 heavy (non-hydrogen) atoms. The molecule has 3 amide bonds. The van der Waals surface area contributed by atoms with Gasteiger partial charge in [0.05, 0.1) is 13.2 Å². The van der Waals surface area contributed by atoms with Crippen LogP contribution in [0.3, 0.4) is 0 Å². The first-order valence-corrected chi connectivity index (χ1v) is 8.87. The second-order valence-corrected chi connectivity index (χ2v) is 8.39. The number of nitrogens with zero attached hydrogens (tertiary/aromatic N) is 1. The van der Waals surface area contributed by atoms with Gasteiger partial charge in [0.1, 0.15) is 11.2 Å². The Kier molecular flexibility index (Phi) is 5.94. The van der Waals surface area contributed by atoms with Gasteiger partial charge in [0, 0.05) is 5.56 Å². The van der Waals surface area contributed by atoms with Gasteiger partial charge in [-0.1, -0.05) is 6.07 Å². The predicted octanol–water partition coefficient (Wildman–Crippen LogP) is 4.07. The van der Waals surface area contributed by atoms with Gasteiger partial charge in [-0.2, -0.15) is 0 Å². The lowest BCUT2D eigenvalue weighted by Crippen LogP contribution is -2.47. The average Bonchev–Trinajstić information content (AvgIpc) is 2.51. The van der Waals surface area contributed by atoms with Crippen LogP contribution in [0.4, 0.5) is 9.59 Å². The first kappa shape index (κ1) is 20.9. The maximum absolute atomic E-state index is 13.0. The van der Waals surface area contributed by atoms with Gasteiger partial charge in [0.2, 0.25) is 0 Å². The molecule has 0 aromatic heterocycles. The minimum atomic E-state index is -1.07. The molecular formula is C20H27NO6. The highest BCUT2D eigenvalue weighted by Crippen LogP contribution is 2.21. The molecule has 0 atom stereocenters. The van der Waals surface area contributed by atoms with E-state index >= 15 is 0 Å². The number of hydrogen-bond acceptors (Lipinski definition) is 6. The summed E-state index contributed by atoms with van der Waals surface area (Å²) in [5.41, 5.74) is 0.419. The van der Waals surface area contributed by atoms with Crippen LogP contribution in [-0.2, 0) is 27.2 Å². The Morgan fingerprint density at radius 1 is 0.926 bits per heavy atom. The Hall–Kier alpha value is -2.41. The molecular weight excluding hydrogens is 350 g/mol. The average molecular weight is 377 g/mol. The number of carbonyl (C=O) groups excluding carboxylic acids is 3. The molecule has 0 aliphatic carbocycles. The standard InChI is InChI=1S/C20H27NO6/c1-19(2,3)26-17(23)21(18(24)27-20(4,5)6)16(22)14-7-8-15-12-25-10-9-13(15)11-14/h7-8,11H,9-10,12H2,1-6H3. The highest BCUT2D eigenvalue weighted by molar-refractivity contribution is 6.13. The summed E-state index contributed by atoms with van der Waals surface area (Å²) in [6, 6.07) is 5.02. The molecule has 148 valence electrons. The van der Waals surface area contributed by atoms with Crippen molar-refractivity contribution in [1.82, 2.24) is 4.90 Å². The highest BCUT2D eigenvalue weighted by Gasteiger charge is 2.37. The molecule has 0 bridgehead atoms. The van der Waals surface area contributed by atoms with E-state index in [1.54, 1.807) is 59.7 Å². The molecule has 7 nitrogen and oxygen atoms in total. The molecule has 1 heterocycles. The van der Waals surface area contributed by atoms with Crippen LogP contribution in [0.5, 0.6) is 0 Å². The van der Waals surface area contributed by atoms with Gasteiger partial charge < -0.3 is 14.2 Å². The normalized spacial score (nSPS) is 14.1. The van der Waals surface area contributed by atoms with Crippen LogP contribution in [-0.4, -0.2) is 40.8 Å². The molecule has 0 N–H and O–H groups in total. The summed E-state index contributed by atoms with van der Waals surface area (Å²) in [4.78, 5) is 38.5. The topological polar surface area (TPSA) is 82.1 Å². The third kappa shape index (κ3) is 5.79. The number of rotatable bonds is 1. The lowest BCUT2D eigenvalue weighted by atomic mass is 10.00. The van der Waals surface area contributed by atoms with E-state index in [0.29, 0.717) is 24.5 Å². The summed E-state index contributed by atoms with van der Waals surface area (Å²) in [6.07, 6.45) is -1.47. The van der Waals surface area contributed by atoms with Crippen LogP contribution in [0.2, 0.25) is 0 Å². The lowest BCUT2D eigenvalue weighted by molar-refractivity contribution is 0.00396. The third-order valence-corrected chi connectivity index (χ3v) is 3.58. The summed E-state index contributed by atoms with van der Waals surface area (Å²) >= 11 is 0. The molecule has 1 aromatic carbocycles. The third-order valence-electron chi connectivity index (χ3n) is 3.58. The maximum Gasteiger partial charge on any atom is 0.427 e. The van der Waals surface area contributed by atoms with Crippen molar-refractivity contribution in [3.05, 3.63) is 34.9 Å². The summed E-state index contributed by atoms with van der Waals surface area (Å²) in [7, 11) is 0. The van der Waals surface area contributed by atoms with E-state index < -0.39 is 29.3 Å². The number of amides is 3. The number of carbonyl (C=O) groups is 3. The lowest BCUT2D eigenvalue weighted by Gasteiger charge is -2.27. The van der Waals surface area contributed by atoms with E-state index in [1.807, 2.05) is 0 Å². The molecule has 0 spiro atoms. The Bertz CT molecular complexity index is 714. The van der Waals surface area contributed by atoms with Crippen molar-refractivity contribution >= 4 is 18.1 Å². The van der Waals surface area contributed by atoms with Gasteiger partial charge in [-0.15, -0.1) is 4.90 Å². The Balaban J connectivity index is 2.35. The Morgan fingerprint density at radius 2 is 1.48 bits per heavy atom. The van der Waals surface area contributed by atoms with Crippen molar-refractivity contribution in [2.24, 2.45) is 0 Å². The largest absolute Gasteiger partial charge is 0.443 e. The second kappa shape index (κ2) is 7.68. The van der Waals surface area contributed by atoms with Crippen LogP contribution >= 0.6 is 0 Å². The van der Waals surface area contributed by atoms with Gasteiger partial charge in [0.15, 0.2) is 0 Å². The Morgan fingerprint density at radius 3 is 2.00 bits per heavy atom. The van der Waals surface area contributed by atoms with E-state index in [-0.39, 0.29) is 5.56 Å². The zero-order valence-electron chi connectivity index (χ0n) is 16.8. The number of imide groups is 3. The molecule has 1 aliphatic heterocycles. The second-order valence-electron chi connectivity index (χ2n) is 8.39. The first-order valence-electron chi connectivity index (χ1n) is 8.87. The minimum absolute atomic E-state index is 0.215. The van der Waals surface area contributed by atoms with Gasteiger partial charge in [-0.25, -0.2) is 9.59 Å². The number of hydrogen-bond donors (Lipinski definition) is 0. The minimum Gasteiger partial charge on any atom is -0.443 e. The fourth-order valence-electron chi connectivity index (χ4n) is 2.48. The summed E-state index contributed by atoms with van der Waals surface area (Å²) in [6.45, 7) is 11.0. The van der Waals surface area contributed by atoms with Crippen LogP contribution in [0.15, 0.2) is 18.2 Å². The molecule has 0 fully saturated rings. The monoisotopic (exact) mass is 377 g/mol. The van der Waals surface area contributed by atoms with Crippen molar-refractivity contribution in [1.29, 1.82) is 0 Å². The van der Waals surface area contributed by atoms with Gasteiger partial charge in [0.25, 0.3) is 5.91 Å². The van der Waals surface area contributed by atoms with E-state index in [1.165, 1.54) is 0 Å². The van der Waals surface area contributed by atoms with Gasteiger partial charge >= 0.3 is 12.2 Å². The molecule has 1 aromatic rings. The van der Waals surface area contributed by atoms with Crippen molar-refractivity contribution in [2.75, 3.05) is 6.61 Å². The van der Waals surface area contributed by atoms with Crippen LogP contribution in [0.25, 0.3) is 0 Å². The number of benzene rings is 1. The fourth-order valence-corrected chi connectivity index (χ4v) is 2.48. The van der Waals surface area contributed by atoms with Crippen molar-refractivity contribution in [3.63, 3.8) is 0 Å². The van der Waals surface area contributed by atoms with Gasteiger partial charge in [-0.05, 0) is 71.2 Å². The fraction of sp³-hybridized carbons (Fsp3) is 0.550. The molecule has 7 heteroatoms. The van der Waals surface area contributed by atoms with Crippen LogP contribution in [0, 0.1) is 0 Å². The van der Waals surface area contributed by atoms with Crippen molar-refractivity contribution < 1.29 is 28.6 Å². The van der Waals surface area contributed by atoms with E-state index in [4.69, 9.17) is 14.2 Å². The molecule has 0 radical (unpaired) electrons. The van der Waals surface area contributed by atoms with E-state index in [0.717, 1.165) is 11.1 Å². The predicted molar refractivity (Wildman–Crippen MR) is 98.4 cm³/mol. The smallest absolute Gasteiger partial charge is 0.427 e. The van der Waals surface area contributed by atoms with Crippen molar-refractivity contribution in [3.8, 4) is 0 Å². The molecule has 1 aliphatic rings. The molecule has 0 saturated heterocycles. The van der Waals surface area contributed by atoms with Crippen LogP contribution in [0.1, 0.15) is 63.0 Å². The number of fused-ring (bicyclic) bond motifs is 1. The zero-order valence-corrected chi connectivity index (χ0v) is 16.8. The zero-order chi connectivity index (χ0) is 20.4. The van der Waals surface area contributed by atoms with Gasteiger partial charge in [-0.3, -0.25) is 4.79 Å². The molecule has 2 rings (SSSR count). The SMILES string of the molecule is CC(C)(C)OC(=O)N(C(=O)OC(C)(C)C)C(=O)c1ccc2c(c1)CCOC2. The van der Waals surface area contributed by atoms with E-state index in [9.17, 15) is 14.4 Å². The summed E-state index contributed by atoms with van der Waals surface area (Å²) in [5, 5.41) is 0.